The molecule has 0 N–H and O–H groups in total. The van der Waals surface area contributed by atoms with Gasteiger partial charge < -0.3 is 14.4 Å². The number of carbonyl (C=O) groups excluding carboxylic acids is 2. The first-order valence-electron chi connectivity index (χ1n) is 9.92. The van der Waals surface area contributed by atoms with E-state index in [1.165, 1.54) is 6.92 Å². The van der Waals surface area contributed by atoms with Gasteiger partial charge in [0, 0.05) is 6.42 Å². The van der Waals surface area contributed by atoms with Crippen LogP contribution in [0.25, 0.3) is 0 Å². The summed E-state index contributed by atoms with van der Waals surface area (Å²) in [6.07, 6.45) is 2.27. The van der Waals surface area contributed by atoms with Gasteiger partial charge in [0.25, 0.3) is 0 Å². The molecule has 2 aromatic carbocycles. The maximum atomic E-state index is 12.0. The third kappa shape index (κ3) is 9.92. The van der Waals surface area contributed by atoms with E-state index in [-0.39, 0.29) is 24.9 Å². The number of carbonyl (C=O) groups is 2. The number of rotatable bonds is 12. The van der Waals surface area contributed by atoms with Crippen molar-refractivity contribution < 1.29 is 28.5 Å². The van der Waals surface area contributed by atoms with Gasteiger partial charge in [0.15, 0.2) is 6.04 Å². The average molecular weight is 466 g/mol. The SMILES string of the molecule is C[C@H](N=[P+]([O-])Oc1ccccc1Cl)C(=O)OCCCCCC(=O)OCc1ccccc1. The minimum Gasteiger partial charge on any atom is -0.575 e. The van der Waals surface area contributed by atoms with Crippen LogP contribution in [0.3, 0.4) is 0 Å². The summed E-state index contributed by atoms with van der Waals surface area (Å²) >= 11 is 5.93. The number of nitrogens with zero attached hydrogens (tertiary/aromatic N) is 1. The number of hydrogen-bond donors (Lipinski definition) is 0. The Balaban J connectivity index is 1.57. The molecular weight excluding hydrogens is 441 g/mol. The van der Waals surface area contributed by atoms with E-state index in [1.807, 2.05) is 30.3 Å². The summed E-state index contributed by atoms with van der Waals surface area (Å²) in [4.78, 5) is 35.6. The zero-order valence-corrected chi connectivity index (χ0v) is 18.9. The van der Waals surface area contributed by atoms with Gasteiger partial charge in [-0.05, 0) is 43.9 Å². The molecule has 0 fully saturated rings. The van der Waals surface area contributed by atoms with Crippen LogP contribution in [0.5, 0.6) is 5.75 Å². The molecular formula is C22H25ClNO6P. The summed E-state index contributed by atoms with van der Waals surface area (Å²) in [6.45, 7) is 1.94. The van der Waals surface area contributed by atoms with E-state index in [1.54, 1.807) is 24.3 Å². The second-order valence-corrected chi connectivity index (χ2v) is 7.97. The van der Waals surface area contributed by atoms with E-state index < -0.39 is 20.2 Å². The van der Waals surface area contributed by atoms with Gasteiger partial charge in [-0.25, -0.2) is 4.79 Å². The fourth-order valence-electron chi connectivity index (χ4n) is 2.47. The lowest BCUT2D eigenvalue weighted by Crippen LogP contribution is -2.19. The first-order valence-corrected chi connectivity index (χ1v) is 11.4. The van der Waals surface area contributed by atoms with Crippen molar-refractivity contribution in [2.45, 2.75) is 45.3 Å². The molecule has 0 aromatic heterocycles. The monoisotopic (exact) mass is 465 g/mol. The van der Waals surface area contributed by atoms with Crippen molar-refractivity contribution in [3.63, 3.8) is 0 Å². The molecule has 0 radical (unpaired) electrons. The molecule has 0 aliphatic heterocycles. The number of hydrogen-bond acceptors (Lipinski definition) is 7. The average Bonchev–Trinajstić information content (AvgIpc) is 2.76. The molecule has 0 saturated heterocycles. The second kappa shape index (κ2) is 13.8. The van der Waals surface area contributed by atoms with Gasteiger partial charge in [0.05, 0.1) is 11.6 Å². The van der Waals surface area contributed by atoms with Crippen molar-refractivity contribution in [1.82, 2.24) is 0 Å². The van der Waals surface area contributed by atoms with E-state index in [0.717, 1.165) is 5.56 Å². The maximum Gasteiger partial charge on any atom is 0.395 e. The summed E-state index contributed by atoms with van der Waals surface area (Å²) < 4.78 is 19.3. The van der Waals surface area contributed by atoms with Crippen molar-refractivity contribution in [1.29, 1.82) is 0 Å². The Morgan fingerprint density at radius 3 is 2.48 bits per heavy atom. The molecule has 0 heterocycles. The van der Waals surface area contributed by atoms with Crippen LogP contribution in [0.1, 0.15) is 38.2 Å². The van der Waals surface area contributed by atoms with Crippen LogP contribution in [0.2, 0.25) is 5.02 Å². The Hall–Kier alpha value is -2.47. The summed E-state index contributed by atoms with van der Waals surface area (Å²) in [7, 11) is -2.46. The van der Waals surface area contributed by atoms with Gasteiger partial charge in [-0.3, -0.25) is 9.32 Å². The fraction of sp³-hybridized carbons (Fsp3) is 0.364. The highest BCUT2D eigenvalue weighted by atomic mass is 35.5. The van der Waals surface area contributed by atoms with Crippen LogP contribution in [0.15, 0.2) is 59.3 Å². The molecule has 0 aliphatic rings. The quantitative estimate of drug-likeness (QED) is 0.253. The molecule has 0 bridgehead atoms. The van der Waals surface area contributed by atoms with Crippen molar-refractivity contribution in [2.24, 2.45) is 4.74 Å². The number of esters is 2. The number of halogens is 1. The third-order valence-electron chi connectivity index (χ3n) is 4.13. The van der Waals surface area contributed by atoms with Crippen LogP contribution in [-0.4, -0.2) is 24.6 Å². The van der Waals surface area contributed by atoms with Gasteiger partial charge in [0.1, 0.15) is 6.61 Å². The minimum atomic E-state index is -2.46. The summed E-state index contributed by atoms with van der Waals surface area (Å²) in [6, 6.07) is 15.1. The molecule has 7 nitrogen and oxygen atoms in total. The van der Waals surface area contributed by atoms with Crippen molar-refractivity contribution in [3.8, 4) is 5.75 Å². The lowest BCUT2D eigenvalue weighted by Gasteiger charge is -2.07. The maximum absolute atomic E-state index is 12.0. The molecule has 0 spiro atoms. The number of ether oxygens (including phenoxy) is 2. The predicted molar refractivity (Wildman–Crippen MR) is 117 cm³/mol. The smallest absolute Gasteiger partial charge is 0.395 e. The molecule has 2 rings (SSSR count). The molecule has 0 amide bonds. The highest BCUT2D eigenvalue weighted by molar-refractivity contribution is 7.34. The molecule has 2 aromatic rings. The van der Waals surface area contributed by atoms with Crippen molar-refractivity contribution in [2.75, 3.05) is 6.61 Å². The lowest BCUT2D eigenvalue weighted by molar-refractivity contribution is -0.169. The molecule has 31 heavy (non-hydrogen) atoms. The van der Waals surface area contributed by atoms with Gasteiger partial charge in [-0.2, -0.15) is 0 Å². The number of benzene rings is 2. The molecule has 166 valence electrons. The van der Waals surface area contributed by atoms with E-state index in [4.69, 9.17) is 25.6 Å². The van der Waals surface area contributed by atoms with Crippen LogP contribution in [0, 0.1) is 0 Å². The molecule has 2 atom stereocenters. The standard InChI is InChI=1S/C22H25ClNO6P/c1-17(24-31(27)30-20-13-8-7-12-19(20)23)22(26)28-15-9-3-6-14-21(25)29-16-18-10-4-2-5-11-18/h2,4-5,7-8,10-13,17H,3,6,9,14-16H2,1H3/t17-/m0/s1. The van der Waals surface area contributed by atoms with Crippen LogP contribution >= 0.6 is 19.8 Å². The summed E-state index contributed by atoms with van der Waals surface area (Å²) in [5.41, 5.74) is 0.946. The van der Waals surface area contributed by atoms with E-state index in [2.05, 4.69) is 4.74 Å². The molecule has 0 saturated carbocycles. The van der Waals surface area contributed by atoms with Crippen LogP contribution in [0.4, 0.5) is 0 Å². The Morgan fingerprint density at radius 1 is 1.03 bits per heavy atom. The number of para-hydroxylation sites is 1. The summed E-state index contributed by atoms with van der Waals surface area (Å²) in [5.74, 6) is -0.610. The third-order valence-corrected chi connectivity index (χ3v) is 5.33. The van der Waals surface area contributed by atoms with Gasteiger partial charge in [-0.15, -0.1) is 0 Å². The van der Waals surface area contributed by atoms with Crippen molar-refractivity contribution >= 4 is 31.7 Å². The highest BCUT2D eigenvalue weighted by Crippen LogP contribution is 2.30. The Bertz CT molecular complexity index is 877. The Morgan fingerprint density at radius 2 is 1.74 bits per heavy atom. The fourth-order valence-corrected chi connectivity index (χ4v) is 3.45. The van der Waals surface area contributed by atoms with Crippen LogP contribution < -0.4 is 9.42 Å². The first-order chi connectivity index (χ1) is 15.0. The molecule has 0 aliphatic carbocycles. The zero-order chi connectivity index (χ0) is 22.5. The van der Waals surface area contributed by atoms with E-state index >= 15 is 0 Å². The Labute approximate surface area is 187 Å². The van der Waals surface area contributed by atoms with Gasteiger partial charge >= 0.3 is 20.1 Å². The van der Waals surface area contributed by atoms with Crippen LogP contribution in [-0.2, 0) is 25.7 Å². The number of unbranched alkanes of at least 4 members (excludes halogenated alkanes) is 2. The second-order valence-electron chi connectivity index (χ2n) is 6.68. The first kappa shape index (κ1) is 24.8. The van der Waals surface area contributed by atoms with Gasteiger partial charge in [0.2, 0.25) is 5.75 Å². The predicted octanol–water partition coefficient (Wildman–Crippen LogP) is 4.81. The van der Waals surface area contributed by atoms with E-state index in [9.17, 15) is 14.5 Å². The van der Waals surface area contributed by atoms with Crippen molar-refractivity contribution in [3.05, 3.63) is 65.2 Å². The molecule has 9 heteroatoms. The van der Waals surface area contributed by atoms with Gasteiger partial charge in [-0.1, -0.05) is 58.8 Å². The Kier molecular flexibility index (Phi) is 11.0. The molecule has 1 unspecified atom stereocenters. The zero-order valence-electron chi connectivity index (χ0n) is 17.2. The lowest BCUT2D eigenvalue weighted by atomic mass is 10.2. The van der Waals surface area contributed by atoms with E-state index in [0.29, 0.717) is 30.7 Å². The normalized spacial score (nSPS) is 12.2. The minimum absolute atomic E-state index is 0.194. The highest BCUT2D eigenvalue weighted by Gasteiger charge is 2.19. The topological polar surface area (TPSA) is 97.3 Å². The summed E-state index contributed by atoms with van der Waals surface area (Å²) in [5, 5.41) is 0.306. The largest absolute Gasteiger partial charge is 0.575 e.